The van der Waals surface area contributed by atoms with Crippen LogP contribution in [0.15, 0.2) is 33.5 Å². The van der Waals surface area contributed by atoms with Crippen LogP contribution in [0.1, 0.15) is 56.8 Å². The zero-order valence-corrected chi connectivity index (χ0v) is 14.8. The van der Waals surface area contributed by atoms with Crippen LogP contribution in [0.25, 0.3) is 11.0 Å². The number of carbonyl (C=O) groups is 2. The fraction of sp³-hybridized carbons (Fsp3) is 0.421. The molecule has 1 heterocycles. The van der Waals surface area contributed by atoms with Crippen molar-refractivity contribution >= 4 is 22.8 Å². The number of carbonyl (C=O) groups excluding carboxylic acids is 2. The predicted molar refractivity (Wildman–Crippen MR) is 94.9 cm³/mol. The fourth-order valence-corrected chi connectivity index (χ4v) is 2.22. The van der Waals surface area contributed by atoms with E-state index >= 15 is 0 Å². The summed E-state index contributed by atoms with van der Waals surface area (Å²) in [5.74, 6) is -0.471. The lowest BCUT2D eigenvalue weighted by atomic mass is 10.1. The Hall–Kier alpha value is -2.63. The van der Waals surface area contributed by atoms with E-state index in [0.29, 0.717) is 17.6 Å². The van der Waals surface area contributed by atoms with Gasteiger partial charge in [-0.2, -0.15) is 0 Å². The second kappa shape index (κ2) is 8.46. The topological polar surface area (TPSA) is 85.6 Å². The molecule has 1 N–H and O–H groups in total. The molecule has 6 nitrogen and oxygen atoms in total. The van der Waals surface area contributed by atoms with Gasteiger partial charge >= 0.3 is 11.6 Å². The molecular weight excluding hydrogens is 322 g/mol. The summed E-state index contributed by atoms with van der Waals surface area (Å²) < 4.78 is 10.5. The van der Waals surface area contributed by atoms with Gasteiger partial charge in [0.1, 0.15) is 16.9 Å². The van der Waals surface area contributed by atoms with Crippen molar-refractivity contribution in [1.29, 1.82) is 0 Å². The molecule has 0 bridgehead atoms. The molecule has 0 saturated heterocycles. The number of benzene rings is 1. The Labute approximate surface area is 146 Å². The monoisotopic (exact) mass is 345 g/mol. The van der Waals surface area contributed by atoms with E-state index in [0.717, 1.165) is 19.3 Å². The van der Waals surface area contributed by atoms with Gasteiger partial charge in [0, 0.05) is 23.9 Å². The number of amides is 1. The minimum absolute atomic E-state index is 0.0347. The Morgan fingerprint density at radius 1 is 1.24 bits per heavy atom. The zero-order chi connectivity index (χ0) is 18.4. The number of rotatable bonds is 7. The largest absolute Gasteiger partial charge is 0.426 e. The molecule has 134 valence electrons. The normalized spacial score (nSPS) is 12.0. The molecule has 0 aliphatic heterocycles. The number of hydrogen-bond donors (Lipinski definition) is 1. The molecule has 2 aromatic rings. The van der Waals surface area contributed by atoms with Crippen LogP contribution in [-0.4, -0.2) is 17.9 Å². The Kier molecular flexibility index (Phi) is 6.33. The first kappa shape index (κ1) is 18.7. The van der Waals surface area contributed by atoms with Gasteiger partial charge < -0.3 is 14.5 Å². The first-order valence-electron chi connectivity index (χ1n) is 8.54. The lowest BCUT2D eigenvalue weighted by Crippen LogP contribution is -2.34. The molecule has 0 saturated carbocycles. The highest BCUT2D eigenvalue weighted by atomic mass is 16.5. The van der Waals surface area contributed by atoms with E-state index in [1.807, 2.05) is 20.8 Å². The predicted octanol–water partition coefficient (Wildman–Crippen LogP) is 3.42. The summed E-state index contributed by atoms with van der Waals surface area (Å²) in [5, 5.41) is 3.33. The molecule has 0 spiro atoms. The van der Waals surface area contributed by atoms with Crippen molar-refractivity contribution < 1.29 is 18.7 Å². The van der Waals surface area contributed by atoms with Crippen LogP contribution < -0.4 is 15.7 Å². The van der Waals surface area contributed by atoms with E-state index in [4.69, 9.17) is 9.15 Å². The van der Waals surface area contributed by atoms with Crippen LogP contribution >= 0.6 is 0 Å². The van der Waals surface area contributed by atoms with E-state index in [1.165, 1.54) is 12.1 Å². The highest BCUT2D eigenvalue weighted by molar-refractivity contribution is 5.96. The van der Waals surface area contributed by atoms with Gasteiger partial charge in [-0.05, 0) is 38.0 Å². The Balaban J connectivity index is 2.24. The molecule has 0 aliphatic carbocycles. The van der Waals surface area contributed by atoms with Crippen molar-refractivity contribution in [2.75, 3.05) is 0 Å². The Morgan fingerprint density at radius 3 is 2.68 bits per heavy atom. The third-order valence-corrected chi connectivity index (χ3v) is 3.91. The van der Waals surface area contributed by atoms with E-state index in [2.05, 4.69) is 5.32 Å². The second-order valence-corrected chi connectivity index (χ2v) is 6.01. The van der Waals surface area contributed by atoms with E-state index in [1.54, 1.807) is 12.1 Å². The van der Waals surface area contributed by atoms with Crippen LogP contribution in [0.2, 0.25) is 0 Å². The van der Waals surface area contributed by atoms with Crippen molar-refractivity contribution in [2.45, 2.75) is 52.5 Å². The summed E-state index contributed by atoms with van der Waals surface area (Å²) in [6.45, 7) is 5.80. The van der Waals surface area contributed by atoms with E-state index in [-0.39, 0.29) is 23.2 Å². The van der Waals surface area contributed by atoms with Gasteiger partial charge in [0.15, 0.2) is 0 Å². The molecule has 2 rings (SSSR count). The third-order valence-electron chi connectivity index (χ3n) is 3.91. The molecule has 0 fully saturated rings. The zero-order valence-electron chi connectivity index (χ0n) is 14.8. The quantitative estimate of drug-likeness (QED) is 0.472. The van der Waals surface area contributed by atoms with Gasteiger partial charge in [0.25, 0.3) is 5.91 Å². The number of hydrogen-bond acceptors (Lipinski definition) is 5. The average molecular weight is 345 g/mol. The molecule has 1 amide bonds. The van der Waals surface area contributed by atoms with Crippen LogP contribution in [0, 0.1) is 0 Å². The van der Waals surface area contributed by atoms with Crippen molar-refractivity contribution in [1.82, 2.24) is 5.32 Å². The summed E-state index contributed by atoms with van der Waals surface area (Å²) >= 11 is 0. The SMILES string of the molecule is CCCCC(=O)Oc1ccc2cc(C(=O)NC(C)CC)c(=O)oc2c1. The summed E-state index contributed by atoms with van der Waals surface area (Å²) in [4.78, 5) is 35.9. The average Bonchev–Trinajstić information content (AvgIpc) is 2.58. The van der Waals surface area contributed by atoms with Crippen LogP contribution in [-0.2, 0) is 4.79 Å². The maximum Gasteiger partial charge on any atom is 0.349 e. The summed E-state index contributed by atoms with van der Waals surface area (Å²) in [7, 11) is 0. The molecule has 1 atom stereocenters. The molecule has 1 unspecified atom stereocenters. The van der Waals surface area contributed by atoms with Gasteiger partial charge in [-0.25, -0.2) is 4.79 Å². The summed E-state index contributed by atoms with van der Waals surface area (Å²) in [5.41, 5.74) is -0.492. The molecule has 1 aromatic carbocycles. The Morgan fingerprint density at radius 2 is 2.00 bits per heavy atom. The molecular formula is C19H23NO5. The van der Waals surface area contributed by atoms with Crippen molar-refractivity contribution in [3.8, 4) is 5.75 Å². The van der Waals surface area contributed by atoms with Crippen molar-refractivity contribution in [3.05, 3.63) is 40.2 Å². The standard InChI is InChI=1S/C19H23NO5/c1-4-6-7-17(21)24-14-9-8-13-10-15(18(22)20-12(3)5-2)19(23)25-16(13)11-14/h8-12H,4-7H2,1-3H3,(H,20,22). The highest BCUT2D eigenvalue weighted by Gasteiger charge is 2.16. The maximum atomic E-state index is 12.2. The number of esters is 1. The van der Waals surface area contributed by atoms with Gasteiger partial charge in [-0.1, -0.05) is 20.3 Å². The number of ether oxygens (including phenoxy) is 1. The lowest BCUT2D eigenvalue weighted by Gasteiger charge is -2.11. The van der Waals surface area contributed by atoms with Gasteiger partial charge in [0.05, 0.1) is 0 Å². The number of unbranched alkanes of at least 4 members (excludes halogenated alkanes) is 1. The van der Waals surface area contributed by atoms with Gasteiger partial charge in [-0.3, -0.25) is 9.59 Å². The van der Waals surface area contributed by atoms with Crippen LogP contribution in [0.5, 0.6) is 5.75 Å². The minimum Gasteiger partial charge on any atom is -0.426 e. The molecule has 0 radical (unpaired) electrons. The smallest absolute Gasteiger partial charge is 0.349 e. The Bertz CT molecular complexity index is 824. The first-order valence-corrected chi connectivity index (χ1v) is 8.54. The number of fused-ring (bicyclic) bond motifs is 1. The van der Waals surface area contributed by atoms with E-state index < -0.39 is 11.5 Å². The lowest BCUT2D eigenvalue weighted by molar-refractivity contribution is -0.134. The van der Waals surface area contributed by atoms with Crippen LogP contribution in [0.4, 0.5) is 0 Å². The summed E-state index contributed by atoms with van der Waals surface area (Å²) in [6, 6.07) is 6.20. The fourth-order valence-electron chi connectivity index (χ4n) is 2.22. The maximum absolute atomic E-state index is 12.2. The number of nitrogens with one attached hydrogen (secondary N) is 1. The van der Waals surface area contributed by atoms with Crippen molar-refractivity contribution in [2.24, 2.45) is 0 Å². The third kappa shape index (κ3) is 4.92. The van der Waals surface area contributed by atoms with Crippen LogP contribution in [0.3, 0.4) is 0 Å². The molecule has 25 heavy (non-hydrogen) atoms. The second-order valence-electron chi connectivity index (χ2n) is 6.01. The highest BCUT2D eigenvalue weighted by Crippen LogP contribution is 2.21. The van der Waals surface area contributed by atoms with Gasteiger partial charge in [-0.15, -0.1) is 0 Å². The molecule has 0 aliphatic rings. The van der Waals surface area contributed by atoms with Crippen molar-refractivity contribution in [3.63, 3.8) is 0 Å². The van der Waals surface area contributed by atoms with Gasteiger partial charge in [0.2, 0.25) is 0 Å². The first-order chi connectivity index (χ1) is 11.9. The molecule has 1 aromatic heterocycles. The molecule has 6 heteroatoms. The van der Waals surface area contributed by atoms with E-state index in [9.17, 15) is 14.4 Å². The summed E-state index contributed by atoms with van der Waals surface area (Å²) in [6.07, 6.45) is 2.77. The minimum atomic E-state index is -0.720.